The second-order valence-electron chi connectivity index (χ2n) is 6.61. The normalized spacial score (nSPS) is 15.4. The van der Waals surface area contributed by atoms with Crippen molar-refractivity contribution in [1.82, 2.24) is 20.0 Å². The summed E-state index contributed by atoms with van der Waals surface area (Å²) in [7, 11) is 4.74. The minimum absolute atomic E-state index is 0.116. The number of aryl methyl sites for hydroxylation is 1. The van der Waals surface area contributed by atoms with Gasteiger partial charge in [-0.2, -0.15) is 9.78 Å². The van der Waals surface area contributed by atoms with Gasteiger partial charge in [-0.05, 0) is 31.2 Å². The third-order valence-electron chi connectivity index (χ3n) is 4.97. The first-order valence-corrected chi connectivity index (χ1v) is 9.05. The van der Waals surface area contributed by atoms with Gasteiger partial charge in [0.2, 0.25) is 11.8 Å². The highest BCUT2D eigenvalue weighted by Gasteiger charge is 2.34. The lowest BCUT2D eigenvalue weighted by Gasteiger charge is -2.25. The van der Waals surface area contributed by atoms with Gasteiger partial charge in [0.1, 0.15) is 17.3 Å². The summed E-state index contributed by atoms with van der Waals surface area (Å²) in [5.41, 5.74) is 2.56. The molecular weight excluding hydrogens is 374 g/mol. The van der Waals surface area contributed by atoms with Crippen molar-refractivity contribution >= 4 is 11.7 Å². The van der Waals surface area contributed by atoms with E-state index in [1.54, 1.807) is 31.0 Å². The number of ether oxygens (including phenoxy) is 3. The Morgan fingerprint density at radius 2 is 1.90 bits per heavy atom. The monoisotopic (exact) mass is 395 g/mol. The lowest BCUT2D eigenvalue weighted by Crippen LogP contribution is -2.25. The van der Waals surface area contributed by atoms with E-state index in [1.165, 1.54) is 7.11 Å². The average Bonchev–Trinajstić information content (AvgIpc) is 3.08. The molecule has 9 heteroatoms. The molecule has 0 spiro atoms. The van der Waals surface area contributed by atoms with Crippen LogP contribution < -0.4 is 19.5 Å². The van der Waals surface area contributed by atoms with Crippen LogP contribution in [0.4, 0.5) is 5.82 Å². The predicted molar refractivity (Wildman–Crippen MR) is 105 cm³/mol. The summed E-state index contributed by atoms with van der Waals surface area (Å²) < 4.78 is 17.6. The fourth-order valence-corrected chi connectivity index (χ4v) is 3.63. The van der Waals surface area contributed by atoms with Crippen LogP contribution in [0.5, 0.6) is 17.4 Å². The molecule has 1 aliphatic heterocycles. The van der Waals surface area contributed by atoms with Crippen LogP contribution in [0.3, 0.4) is 0 Å². The molecule has 1 N–H and O–H groups in total. The molecule has 1 atom stereocenters. The number of methoxy groups -OCH3 is 3. The van der Waals surface area contributed by atoms with Gasteiger partial charge in [0.05, 0.1) is 27.0 Å². The van der Waals surface area contributed by atoms with Crippen LogP contribution in [0.1, 0.15) is 29.2 Å². The first-order chi connectivity index (χ1) is 14.0. The highest BCUT2D eigenvalue weighted by atomic mass is 16.5. The Bertz CT molecular complexity index is 1060. The molecule has 9 nitrogen and oxygen atoms in total. The van der Waals surface area contributed by atoms with Gasteiger partial charge in [-0.15, -0.1) is 10.2 Å². The molecule has 1 aromatic carbocycles. The Labute approximate surface area is 167 Å². The van der Waals surface area contributed by atoms with Crippen molar-refractivity contribution in [2.24, 2.45) is 0 Å². The van der Waals surface area contributed by atoms with Crippen molar-refractivity contribution in [3.8, 4) is 23.2 Å². The smallest absolute Gasteiger partial charge is 0.233 e. The Morgan fingerprint density at radius 3 is 2.55 bits per heavy atom. The molecule has 0 fully saturated rings. The van der Waals surface area contributed by atoms with Crippen LogP contribution in [-0.2, 0) is 4.79 Å². The van der Waals surface area contributed by atoms with Gasteiger partial charge in [-0.1, -0.05) is 0 Å². The van der Waals surface area contributed by atoms with Crippen LogP contribution in [0.2, 0.25) is 0 Å². The summed E-state index contributed by atoms with van der Waals surface area (Å²) in [4.78, 5) is 12.6. The van der Waals surface area contributed by atoms with Crippen LogP contribution in [0.25, 0.3) is 5.82 Å². The van der Waals surface area contributed by atoms with E-state index in [2.05, 4.69) is 20.6 Å². The quantitative estimate of drug-likeness (QED) is 0.708. The average molecular weight is 395 g/mol. The standard InChI is InChI=1S/C20H21N5O4/c1-11-19-14(13-9-12(27-2)5-6-15(13)28-3)10-17(26)21-20(19)25(24-11)16-7-8-18(29-4)23-22-16/h5-9,14H,10H2,1-4H3,(H,21,26)/t14-/m0/s1. The van der Waals surface area contributed by atoms with E-state index in [0.29, 0.717) is 29.0 Å². The van der Waals surface area contributed by atoms with Gasteiger partial charge in [-0.25, -0.2) is 0 Å². The number of carbonyl (C=O) groups excluding carboxylic acids is 1. The van der Waals surface area contributed by atoms with E-state index in [1.807, 2.05) is 25.1 Å². The van der Waals surface area contributed by atoms with Gasteiger partial charge < -0.3 is 19.5 Å². The number of nitrogens with zero attached hydrogens (tertiary/aromatic N) is 4. The number of amides is 1. The molecule has 0 unspecified atom stereocenters. The molecule has 3 heterocycles. The second kappa shape index (κ2) is 7.42. The van der Waals surface area contributed by atoms with Crippen molar-refractivity contribution in [3.63, 3.8) is 0 Å². The number of hydrogen-bond acceptors (Lipinski definition) is 7. The Morgan fingerprint density at radius 1 is 1.07 bits per heavy atom. The van der Waals surface area contributed by atoms with Crippen LogP contribution in [-0.4, -0.2) is 47.2 Å². The van der Waals surface area contributed by atoms with Gasteiger partial charge in [0, 0.05) is 29.5 Å². The van der Waals surface area contributed by atoms with Crippen molar-refractivity contribution in [2.45, 2.75) is 19.3 Å². The van der Waals surface area contributed by atoms with Crippen molar-refractivity contribution in [1.29, 1.82) is 0 Å². The number of fused-ring (bicyclic) bond motifs is 1. The van der Waals surface area contributed by atoms with Gasteiger partial charge in [0.25, 0.3) is 0 Å². The molecular formula is C20H21N5O4. The molecule has 0 aliphatic carbocycles. The summed E-state index contributed by atoms with van der Waals surface area (Å²) in [5.74, 6) is 2.49. The summed E-state index contributed by atoms with van der Waals surface area (Å²) in [6.45, 7) is 1.91. The van der Waals surface area contributed by atoms with Crippen molar-refractivity contribution < 1.29 is 19.0 Å². The maximum absolute atomic E-state index is 12.6. The zero-order valence-corrected chi connectivity index (χ0v) is 16.6. The van der Waals surface area contributed by atoms with Crippen LogP contribution in [0.15, 0.2) is 30.3 Å². The summed E-state index contributed by atoms with van der Waals surface area (Å²) in [6.07, 6.45) is 0.275. The molecule has 1 aliphatic rings. The minimum atomic E-state index is -0.233. The van der Waals surface area contributed by atoms with E-state index < -0.39 is 0 Å². The number of nitrogens with one attached hydrogen (secondary N) is 1. The fraction of sp³-hybridized carbons (Fsp3) is 0.300. The lowest BCUT2D eigenvalue weighted by molar-refractivity contribution is -0.116. The molecule has 0 saturated heterocycles. The predicted octanol–water partition coefficient (Wildman–Crippen LogP) is 2.47. The number of hydrogen-bond donors (Lipinski definition) is 1. The molecule has 150 valence electrons. The van der Waals surface area contributed by atoms with E-state index in [-0.39, 0.29) is 18.2 Å². The molecule has 0 saturated carbocycles. The van der Waals surface area contributed by atoms with Gasteiger partial charge in [-0.3, -0.25) is 4.79 Å². The zero-order chi connectivity index (χ0) is 20.5. The van der Waals surface area contributed by atoms with E-state index in [9.17, 15) is 4.79 Å². The maximum Gasteiger partial charge on any atom is 0.233 e. The number of rotatable bonds is 5. The molecule has 1 amide bonds. The lowest BCUT2D eigenvalue weighted by atomic mass is 9.85. The number of anilines is 1. The maximum atomic E-state index is 12.6. The highest BCUT2D eigenvalue weighted by molar-refractivity contribution is 5.95. The first kappa shape index (κ1) is 18.7. The third kappa shape index (κ3) is 3.24. The summed E-state index contributed by atoms with van der Waals surface area (Å²) >= 11 is 0. The van der Waals surface area contributed by atoms with Gasteiger partial charge in [0.15, 0.2) is 5.82 Å². The van der Waals surface area contributed by atoms with Crippen molar-refractivity contribution in [2.75, 3.05) is 26.6 Å². The minimum Gasteiger partial charge on any atom is -0.497 e. The van der Waals surface area contributed by atoms with E-state index in [4.69, 9.17) is 14.2 Å². The largest absolute Gasteiger partial charge is 0.497 e. The SMILES string of the molecule is COc1ccc(OC)c([C@@H]2CC(=O)Nc3c2c(C)nn3-c2ccc(OC)nn2)c1. The van der Waals surface area contributed by atoms with E-state index >= 15 is 0 Å². The topological polar surface area (TPSA) is 100 Å². The Hall–Kier alpha value is -3.62. The number of aromatic nitrogens is 4. The Kier molecular flexibility index (Phi) is 4.79. The summed E-state index contributed by atoms with van der Waals surface area (Å²) in [5, 5.41) is 15.7. The number of carbonyl (C=O) groups is 1. The molecule has 0 bridgehead atoms. The number of benzene rings is 1. The van der Waals surface area contributed by atoms with Crippen LogP contribution >= 0.6 is 0 Å². The van der Waals surface area contributed by atoms with Gasteiger partial charge >= 0.3 is 0 Å². The molecule has 4 rings (SSSR count). The van der Waals surface area contributed by atoms with E-state index in [0.717, 1.165) is 16.8 Å². The summed E-state index contributed by atoms with van der Waals surface area (Å²) in [6, 6.07) is 9.00. The molecule has 0 radical (unpaired) electrons. The zero-order valence-electron chi connectivity index (χ0n) is 16.6. The second-order valence-corrected chi connectivity index (χ2v) is 6.61. The molecule has 29 heavy (non-hydrogen) atoms. The van der Waals surface area contributed by atoms with Crippen LogP contribution in [0, 0.1) is 6.92 Å². The van der Waals surface area contributed by atoms with Crippen molar-refractivity contribution in [3.05, 3.63) is 47.2 Å². The third-order valence-corrected chi connectivity index (χ3v) is 4.97. The highest BCUT2D eigenvalue weighted by Crippen LogP contribution is 2.44. The Balaban J connectivity index is 1.86. The molecule has 3 aromatic rings. The first-order valence-electron chi connectivity index (χ1n) is 9.05. The fourth-order valence-electron chi connectivity index (χ4n) is 3.63. The molecule has 2 aromatic heterocycles.